The van der Waals surface area contributed by atoms with E-state index in [0.717, 1.165) is 10.6 Å². The number of carbonyl (C=O) groups is 2. The van der Waals surface area contributed by atoms with E-state index in [1.54, 1.807) is 0 Å². The van der Waals surface area contributed by atoms with Crippen molar-refractivity contribution < 1.29 is 14.0 Å². The number of rotatable bonds is 6. The van der Waals surface area contributed by atoms with Crippen molar-refractivity contribution in [2.45, 2.75) is 6.42 Å². The first-order chi connectivity index (χ1) is 12.1. The van der Waals surface area contributed by atoms with E-state index < -0.39 is 5.82 Å². The number of nitrogens with one attached hydrogen (secondary N) is 1. The molecule has 1 N–H and O–H groups in total. The molecule has 0 aliphatic rings. The largest absolute Gasteiger partial charge is 0.348 e. The summed E-state index contributed by atoms with van der Waals surface area (Å²) in [6, 6.07) is 15.0. The number of hydrogen-bond donors (Lipinski definition) is 1. The predicted molar refractivity (Wildman–Crippen MR) is 95.0 cm³/mol. The lowest BCUT2D eigenvalue weighted by Gasteiger charge is -2.04. The Morgan fingerprint density at radius 1 is 1.04 bits per heavy atom. The Kier molecular flexibility index (Phi) is 5.30. The lowest BCUT2D eigenvalue weighted by atomic mass is 10.1. The zero-order valence-corrected chi connectivity index (χ0v) is 14.1. The van der Waals surface area contributed by atoms with Crippen LogP contribution in [0.5, 0.6) is 0 Å². The summed E-state index contributed by atoms with van der Waals surface area (Å²) in [4.78, 5) is 28.4. The maximum absolute atomic E-state index is 12.8. The number of Topliss-reactive ketones (excluding diaryl/α,β-unsaturated/α-hetero) is 1. The van der Waals surface area contributed by atoms with Gasteiger partial charge >= 0.3 is 0 Å². The number of hydrogen-bond acceptors (Lipinski definition) is 4. The topological polar surface area (TPSA) is 59.1 Å². The Morgan fingerprint density at radius 2 is 1.76 bits per heavy atom. The van der Waals surface area contributed by atoms with E-state index in [2.05, 4.69) is 10.3 Å². The van der Waals surface area contributed by atoms with Gasteiger partial charge in [-0.2, -0.15) is 0 Å². The van der Waals surface area contributed by atoms with Crippen molar-refractivity contribution in [3.8, 4) is 10.6 Å². The Bertz CT molecular complexity index is 876. The van der Waals surface area contributed by atoms with Gasteiger partial charge in [0.15, 0.2) is 5.78 Å². The minimum absolute atomic E-state index is 0.111. The van der Waals surface area contributed by atoms with Gasteiger partial charge in [-0.1, -0.05) is 30.3 Å². The molecule has 0 saturated carbocycles. The number of thiazole rings is 1. The number of ketones is 1. The van der Waals surface area contributed by atoms with Crippen LogP contribution in [0.4, 0.5) is 4.39 Å². The molecule has 0 spiro atoms. The van der Waals surface area contributed by atoms with E-state index in [1.807, 2.05) is 35.7 Å². The molecule has 2 aromatic carbocycles. The molecule has 0 saturated heterocycles. The first-order valence-corrected chi connectivity index (χ1v) is 8.55. The van der Waals surface area contributed by atoms with Crippen LogP contribution < -0.4 is 5.32 Å². The van der Waals surface area contributed by atoms with Gasteiger partial charge in [0.05, 0.1) is 18.7 Å². The van der Waals surface area contributed by atoms with Gasteiger partial charge in [-0.25, -0.2) is 9.37 Å². The summed E-state index contributed by atoms with van der Waals surface area (Å²) in [6.07, 6.45) is 0.111. The van der Waals surface area contributed by atoms with E-state index in [-0.39, 0.29) is 24.7 Å². The molecule has 0 radical (unpaired) electrons. The molecule has 0 bridgehead atoms. The highest BCUT2D eigenvalue weighted by atomic mass is 32.1. The average molecular weight is 354 g/mol. The van der Waals surface area contributed by atoms with Crippen LogP contribution in [0.25, 0.3) is 10.6 Å². The SMILES string of the molecule is O=C(Cc1csc(-c2ccccc2)n1)NCC(=O)c1ccc(F)cc1. The Morgan fingerprint density at radius 3 is 2.48 bits per heavy atom. The lowest BCUT2D eigenvalue weighted by Crippen LogP contribution is -2.30. The molecule has 1 aromatic heterocycles. The van der Waals surface area contributed by atoms with Gasteiger partial charge < -0.3 is 5.32 Å². The molecule has 3 aromatic rings. The highest BCUT2D eigenvalue weighted by Gasteiger charge is 2.11. The molecular formula is C19H15FN2O2S. The number of benzene rings is 2. The van der Waals surface area contributed by atoms with Gasteiger partial charge in [0, 0.05) is 16.5 Å². The fourth-order valence-electron chi connectivity index (χ4n) is 2.25. The summed E-state index contributed by atoms with van der Waals surface area (Å²) in [5, 5.41) is 5.27. The second kappa shape index (κ2) is 7.81. The standard InChI is InChI=1S/C19H15FN2O2S/c20-15-8-6-13(7-9-15)17(23)11-21-18(24)10-16-12-25-19(22-16)14-4-2-1-3-5-14/h1-9,12H,10-11H2,(H,21,24). The van der Waals surface area contributed by atoms with E-state index in [4.69, 9.17) is 0 Å². The molecule has 1 amide bonds. The maximum atomic E-state index is 12.8. The summed E-state index contributed by atoms with van der Waals surface area (Å²) in [5.74, 6) is -0.949. The summed E-state index contributed by atoms with van der Waals surface area (Å²) >= 11 is 1.47. The highest BCUT2D eigenvalue weighted by Crippen LogP contribution is 2.23. The third-order valence-electron chi connectivity index (χ3n) is 3.53. The van der Waals surface area contributed by atoms with Crippen LogP contribution in [-0.2, 0) is 11.2 Å². The van der Waals surface area contributed by atoms with Gasteiger partial charge in [0.2, 0.25) is 5.91 Å². The molecule has 0 fully saturated rings. The van der Waals surface area contributed by atoms with Gasteiger partial charge in [-0.15, -0.1) is 11.3 Å². The molecular weight excluding hydrogens is 339 g/mol. The molecule has 6 heteroatoms. The second-order valence-electron chi connectivity index (χ2n) is 5.39. The molecule has 0 aliphatic carbocycles. The van der Waals surface area contributed by atoms with Crippen molar-refractivity contribution in [3.63, 3.8) is 0 Å². The number of carbonyl (C=O) groups excluding carboxylic acids is 2. The summed E-state index contributed by atoms with van der Waals surface area (Å²) < 4.78 is 12.8. The lowest BCUT2D eigenvalue weighted by molar-refractivity contribution is -0.120. The maximum Gasteiger partial charge on any atom is 0.226 e. The van der Waals surface area contributed by atoms with Crippen LogP contribution in [0.3, 0.4) is 0 Å². The molecule has 126 valence electrons. The average Bonchev–Trinajstić information content (AvgIpc) is 3.09. The summed E-state index contributed by atoms with van der Waals surface area (Å²) in [5.41, 5.74) is 2.03. The third kappa shape index (κ3) is 4.58. The van der Waals surface area contributed by atoms with Crippen LogP contribution >= 0.6 is 11.3 Å². The number of amides is 1. The minimum atomic E-state index is -0.404. The van der Waals surface area contributed by atoms with Crippen molar-refractivity contribution >= 4 is 23.0 Å². The molecule has 3 rings (SSSR count). The summed E-state index contributed by atoms with van der Waals surface area (Å²) in [6.45, 7) is -0.125. The zero-order chi connectivity index (χ0) is 17.6. The van der Waals surface area contributed by atoms with E-state index in [1.165, 1.54) is 35.6 Å². The summed E-state index contributed by atoms with van der Waals surface area (Å²) in [7, 11) is 0. The highest BCUT2D eigenvalue weighted by molar-refractivity contribution is 7.13. The van der Waals surface area contributed by atoms with E-state index >= 15 is 0 Å². The first kappa shape index (κ1) is 17.0. The molecule has 0 unspecified atom stereocenters. The minimum Gasteiger partial charge on any atom is -0.348 e. The Balaban J connectivity index is 1.54. The first-order valence-electron chi connectivity index (χ1n) is 7.67. The molecule has 1 heterocycles. The van der Waals surface area contributed by atoms with E-state index in [0.29, 0.717) is 11.3 Å². The zero-order valence-electron chi connectivity index (χ0n) is 13.2. The normalized spacial score (nSPS) is 10.4. The van der Waals surface area contributed by atoms with Crippen molar-refractivity contribution in [2.75, 3.05) is 6.54 Å². The number of nitrogens with zero attached hydrogens (tertiary/aromatic N) is 1. The van der Waals surface area contributed by atoms with Crippen LogP contribution in [0.1, 0.15) is 16.1 Å². The molecule has 25 heavy (non-hydrogen) atoms. The monoisotopic (exact) mass is 354 g/mol. The van der Waals surface area contributed by atoms with Crippen molar-refractivity contribution in [1.82, 2.24) is 10.3 Å². The van der Waals surface area contributed by atoms with Crippen LogP contribution in [-0.4, -0.2) is 23.2 Å². The Hall–Kier alpha value is -2.86. The number of halogens is 1. The van der Waals surface area contributed by atoms with Crippen LogP contribution in [0.15, 0.2) is 60.0 Å². The van der Waals surface area contributed by atoms with Crippen molar-refractivity contribution in [2.24, 2.45) is 0 Å². The van der Waals surface area contributed by atoms with Gasteiger partial charge in [-0.3, -0.25) is 9.59 Å². The van der Waals surface area contributed by atoms with Crippen LogP contribution in [0.2, 0.25) is 0 Å². The second-order valence-corrected chi connectivity index (χ2v) is 6.25. The fraction of sp³-hybridized carbons (Fsp3) is 0.105. The van der Waals surface area contributed by atoms with Gasteiger partial charge in [0.25, 0.3) is 0 Å². The molecule has 4 nitrogen and oxygen atoms in total. The number of aromatic nitrogens is 1. The van der Waals surface area contributed by atoms with E-state index in [9.17, 15) is 14.0 Å². The fourth-order valence-corrected chi connectivity index (χ4v) is 3.07. The predicted octanol–water partition coefficient (Wildman–Crippen LogP) is 3.49. The van der Waals surface area contributed by atoms with Crippen LogP contribution in [0, 0.1) is 5.82 Å². The Labute approximate surface area is 148 Å². The third-order valence-corrected chi connectivity index (χ3v) is 4.47. The smallest absolute Gasteiger partial charge is 0.226 e. The quantitative estimate of drug-likeness (QED) is 0.690. The molecule has 0 atom stereocenters. The van der Waals surface area contributed by atoms with Gasteiger partial charge in [-0.05, 0) is 24.3 Å². The molecule has 0 aliphatic heterocycles. The van der Waals surface area contributed by atoms with Crippen molar-refractivity contribution in [3.05, 3.63) is 77.1 Å². The van der Waals surface area contributed by atoms with Crippen molar-refractivity contribution in [1.29, 1.82) is 0 Å². The van der Waals surface area contributed by atoms with Gasteiger partial charge in [0.1, 0.15) is 10.8 Å².